The van der Waals surface area contributed by atoms with E-state index < -0.39 is 0 Å². The van der Waals surface area contributed by atoms with Gasteiger partial charge in [0.05, 0.1) is 12.3 Å². The van der Waals surface area contributed by atoms with Gasteiger partial charge < -0.3 is 15.8 Å². The third-order valence-electron chi connectivity index (χ3n) is 3.03. The quantitative estimate of drug-likeness (QED) is 0.842. The van der Waals surface area contributed by atoms with E-state index in [1.165, 1.54) is 0 Å². The predicted octanol–water partition coefficient (Wildman–Crippen LogP) is 3.88. The number of nitrogens with two attached hydrogens (primary N) is 1. The molecule has 5 heteroatoms. The van der Waals surface area contributed by atoms with Gasteiger partial charge in [0.25, 0.3) is 5.91 Å². The molecule has 110 valence electrons. The minimum atomic E-state index is -0.259. The second kappa shape index (κ2) is 6.50. The molecule has 0 aliphatic carbocycles. The first kappa shape index (κ1) is 15.2. The van der Waals surface area contributed by atoms with E-state index in [4.69, 9.17) is 22.1 Å². The number of aryl methyl sites for hydroxylation is 1. The summed E-state index contributed by atoms with van der Waals surface area (Å²) in [6, 6.07) is 10.3. The summed E-state index contributed by atoms with van der Waals surface area (Å²) >= 11 is 5.97. The highest BCUT2D eigenvalue weighted by Crippen LogP contribution is 2.28. The Labute approximate surface area is 128 Å². The van der Waals surface area contributed by atoms with Gasteiger partial charge in [-0.25, -0.2) is 0 Å². The van der Waals surface area contributed by atoms with Crippen LogP contribution in [0.3, 0.4) is 0 Å². The lowest BCUT2D eigenvalue weighted by Gasteiger charge is -2.12. The van der Waals surface area contributed by atoms with Gasteiger partial charge >= 0.3 is 0 Å². The summed E-state index contributed by atoms with van der Waals surface area (Å²) < 4.78 is 5.47. The summed E-state index contributed by atoms with van der Waals surface area (Å²) in [5, 5.41) is 3.32. The average molecular weight is 305 g/mol. The highest BCUT2D eigenvalue weighted by molar-refractivity contribution is 6.31. The molecule has 0 saturated heterocycles. The summed E-state index contributed by atoms with van der Waals surface area (Å²) in [7, 11) is 0. The van der Waals surface area contributed by atoms with Crippen molar-refractivity contribution in [2.75, 3.05) is 17.7 Å². The lowest BCUT2D eigenvalue weighted by Crippen LogP contribution is -2.13. The van der Waals surface area contributed by atoms with Gasteiger partial charge in [0.1, 0.15) is 5.75 Å². The van der Waals surface area contributed by atoms with Crippen molar-refractivity contribution in [2.45, 2.75) is 13.8 Å². The molecule has 0 aliphatic heterocycles. The first-order valence-electron chi connectivity index (χ1n) is 6.61. The number of anilines is 2. The predicted molar refractivity (Wildman–Crippen MR) is 86.2 cm³/mol. The van der Waals surface area contributed by atoms with Gasteiger partial charge in [-0.05, 0) is 49.7 Å². The van der Waals surface area contributed by atoms with Gasteiger partial charge in [-0.3, -0.25) is 4.79 Å². The van der Waals surface area contributed by atoms with E-state index >= 15 is 0 Å². The largest absolute Gasteiger partial charge is 0.492 e. The smallest absolute Gasteiger partial charge is 0.255 e. The van der Waals surface area contributed by atoms with Crippen molar-refractivity contribution in [3.05, 3.63) is 52.5 Å². The van der Waals surface area contributed by atoms with Crippen LogP contribution in [0.4, 0.5) is 11.4 Å². The summed E-state index contributed by atoms with van der Waals surface area (Å²) in [6.45, 7) is 4.27. The second-order valence-electron chi connectivity index (χ2n) is 4.60. The molecule has 0 spiro atoms. The topological polar surface area (TPSA) is 64.3 Å². The Morgan fingerprint density at radius 3 is 2.71 bits per heavy atom. The zero-order chi connectivity index (χ0) is 15.4. The Morgan fingerprint density at radius 2 is 2.05 bits per heavy atom. The van der Waals surface area contributed by atoms with Crippen molar-refractivity contribution in [3.63, 3.8) is 0 Å². The minimum absolute atomic E-state index is 0.259. The highest BCUT2D eigenvalue weighted by atomic mass is 35.5. The molecule has 2 rings (SSSR count). The fourth-order valence-corrected chi connectivity index (χ4v) is 2.03. The van der Waals surface area contributed by atoms with Gasteiger partial charge in [-0.1, -0.05) is 17.7 Å². The van der Waals surface area contributed by atoms with Crippen LogP contribution in [0, 0.1) is 6.92 Å². The number of halogens is 1. The Kier molecular flexibility index (Phi) is 4.70. The number of nitrogens with one attached hydrogen (secondary N) is 1. The van der Waals surface area contributed by atoms with Crippen LogP contribution in [0.15, 0.2) is 36.4 Å². The molecule has 0 heterocycles. The van der Waals surface area contributed by atoms with E-state index in [1.807, 2.05) is 19.9 Å². The third kappa shape index (κ3) is 3.67. The van der Waals surface area contributed by atoms with E-state index in [0.717, 1.165) is 5.56 Å². The maximum absolute atomic E-state index is 12.3. The molecule has 0 aromatic heterocycles. The third-order valence-corrected chi connectivity index (χ3v) is 3.27. The van der Waals surface area contributed by atoms with Crippen LogP contribution in [-0.4, -0.2) is 12.5 Å². The van der Waals surface area contributed by atoms with Crippen LogP contribution >= 0.6 is 11.6 Å². The number of amides is 1. The first-order chi connectivity index (χ1) is 10.0. The number of hydrogen-bond donors (Lipinski definition) is 2. The highest BCUT2D eigenvalue weighted by Gasteiger charge is 2.11. The zero-order valence-corrected chi connectivity index (χ0v) is 12.7. The zero-order valence-electron chi connectivity index (χ0n) is 11.9. The van der Waals surface area contributed by atoms with E-state index in [9.17, 15) is 4.79 Å². The maximum atomic E-state index is 12.3. The number of hydrogen-bond acceptors (Lipinski definition) is 3. The summed E-state index contributed by atoms with van der Waals surface area (Å²) in [4.78, 5) is 12.3. The van der Waals surface area contributed by atoms with E-state index in [-0.39, 0.29) is 5.91 Å². The van der Waals surface area contributed by atoms with Crippen molar-refractivity contribution in [1.29, 1.82) is 0 Å². The second-order valence-corrected chi connectivity index (χ2v) is 5.04. The Morgan fingerprint density at radius 1 is 1.29 bits per heavy atom. The van der Waals surface area contributed by atoms with E-state index in [2.05, 4.69) is 5.32 Å². The molecule has 2 aromatic carbocycles. The maximum Gasteiger partial charge on any atom is 0.255 e. The summed E-state index contributed by atoms with van der Waals surface area (Å²) in [5.41, 5.74) is 8.37. The van der Waals surface area contributed by atoms with Crippen LogP contribution in [-0.2, 0) is 0 Å². The Hall–Kier alpha value is -2.20. The molecular formula is C16H17ClN2O2. The molecule has 0 radical (unpaired) electrons. The number of benzene rings is 2. The molecule has 0 bridgehead atoms. The molecule has 3 N–H and O–H groups in total. The van der Waals surface area contributed by atoms with Crippen molar-refractivity contribution in [2.24, 2.45) is 0 Å². The molecule has 0 aliphatic rings. The molecule has 0 fully saturated rings. The number of carbonyl (C=O) groups excluding carboxylic acids is 1. The van der Waals surface area contributed by atoms with Gasteiger partial charge in [-0.2, -0.15) is 0 Å². The van der Waals surface area contributed by atoms with E-state index in [0.29, 0.717) is 34.3 Å². The summed E-state index contributed by atoms with van der Waals surface area (Å²) in [5.74, 6) is 0.320. The Balaban J connectivity index is 2.26. The lowest BCUT2D eigenvalue weighted by molar-refractivity contribution is 0.102. The minimum Gasteiger partial charge on any atom is -0.492 e. The lowest BCUT2D eigenvalue weighted by atomic mass is 10.1. The number of nitrogen functional groups attached to an aromatic ring is 1. The van der Waals surface area contributed by atoms with Crippen molar-refractivity contribution in [1.82, 2.24) is 0 Å². The molecule has 0 atom stereocenters. The van der Waals surface area contributed by atoms with Crippen LogP contribution in [0.25, 0.3) is 0 Å². The standard InChI is InChI=1S/C16H17ClN2O2/c1-3-21-15-7-6-12(17)9-14(15)19-16(20)11-5-4-10(2)13(18)8-11/h4-9H,3,18H2,1-2H3,(H,19,20). The molecule has 1 amide bonds. The van der Waals surface area contributed by atoms with Crippen LogP contribution in [0.2, 0.25) is 5.02 Å². The van der Waals surface area contributed by atoms with Crippen molar-refractivity contribution >= 4 is 28.9 Å². The van der Waals surface area contributed by atoms with Crippen LogP contribution < -0.4 is 15.8 Å². The monoisotopic (exact) mass is 304 g/mol. The average Bonchev–Trinajstić information content (AvgIpc) is 2.45. The summed E-state index contributed by atoms with van der Waals surface area (Å²) in [6.07, 6.45) is 0. The molecule has 21 heavy (non-hydrogen) atoms. The van der Waals surface area contributed by atoms with Crippen LogP contribution in [0.1, 0.15) is 22.8 Å². The van der Waals surface area contributed by atoms with Crippen LogP contribution in [0.5, 0.6) is 5.75 Å². The molecule has 0 unspecified atom stereocenters. The van der Waals surface area contributed by atoms with Gasteiger partial charge in [-0.15, -0.1) is 0 Å². The van der Waals surface area contributed by atoms with Gasteiger partial charge in [0, 0.05) is 16.3 Å². The normalized spacial score (nSPS) is 10.2. The number of carbonyl (C=O) groups is 1. The molecule has 4 nitrogen and oxygen atoms in total. The number of ether oxygens (including phenoxy) is 1. The SMILES string of the molecule is CCOc1ccc(Cl)cc1NC(=O)c1ccc(C)c(N)c1. The fourth-order valence-electron chi connectivity index (χ4n) is 1.86. The van der Waals surface area contributed by atoms with Crippen molar-refractivity contribution in [3.8, 4) is 5.75 Å². The van der Waals surface area contributed by atoms with Gasteiger partial charge in [0.15, 0.2) is 0 Å². The van der Waals surface area contributed by atoms with Gasteiger partial charge in [0.2, 0.25) is 0 Å². The van der Waals surface area contributed by atoms with E-state index in [1.54, 1.807) is 30.3 Å². The Bertz CT molecular complexity index is 671. The molecule has 2 aromatic rings. The first-order valence-corrected chi connectivity index (χ1v) is 6.99. The molecular weight excluding hydrogens is 288 g/mol. The van der Waals surface area contributed by atoms with Crippen molar-refractivity contribution < 1.29 is 9.53 Å². The molecule has 0 saturated carbocycles. The number of rotatable bonds is 4. The fraction of sp³-hybridized carbons (Fsp3) is 0.188.